The zero-order valence-corrected chi connectivity index (χ0v) is 14.4. The molecule has 1 fully saturated rings. The molecule has 1 unspecified atom stereocenters. The van der Waals surface area contributed by atoms with Crippen LogP contribution >= 0.6 is 27.7 Å². The van der Waals surface area contributed by atoms with Crippen molar-refractivity contribution in [3.05, 3.63) is 34.1 Å². The summed E-state index contributed by atoms with van der Waals surface area (Å²) in [6.45, 7) is 3.15. The molecule has 1 aromatic rings. The maximum Gasteiger partial charge on any atom is 0.137 e. The van der Waals surface area contributed by atoms with Crippen molar-refractivity contribution in [3.8, 4) is 0 Å². The van der Waals surface area contributed by atoms with Gasteiger partial charge in [-0.15, -0.1) is 0 Å². The Balaban J connectivity index is 1.94. The molecule has 0 amide bonds. The summed E-state index contributed by atoms with van der Waals surface area (Å²) in [4.78, 5) is 0. The first-order valence-corrected chi connectivity index (χ1v) is 9.39. The second-order valence-electron chi connectivity index (χ2n) is 5.50. The van der Waals surface area contributed by atoms with Crippen LogP contribution in [0, 0.1) is 11.7 Å². The van der Waals surface area contributed by atoms with Crippen LogP contribution in [0.25, 0.3) is 0 Å². The van der Waals surface area contributed by atoms with Gasteiger partial charge in [0, 0.05) is 6.04 Å². The highest BCUT2D eigenvalue weighted by Crippen LogP contribution is 2.27. The summed E-state index contributed by atoms with van der Waals surface area (Å²) in [5, 5.41) is 3.60. The molecule has 1 nitrogen and oxygen atoms in total. The molecule has 20 heavy (non-hydrogen) atoms. The van der Waals surface area contributed by atoms with Crippen molar-refractivity contribution in [2.45, 2.75) is 38.6 Å². The monoisotopic (exact) mass is 359 g/mol. The summed E-state index contributed by atoms with van der Waals surface area (Å²) in [6, 6.07) is 5.88. The fraction of sp³-hybridized carbons (Fsp3) is 0.625. The summed E-state index contributed by atoms with van der Waals surface area (Å²) < 4.78 is 13.9. The lowest BCUT2D eigenvalue weighted by Crippen LogP contribution is -2.33. The fourth-order valence-corrected chi connectivity index (χ4v) is 4.49. The fourth-order valence-electron chi connectivity index (χ4n) is 2.86. The molecule has 2 rings (SSSR count). The van der Waals surface area contributed by atoms with E-state index >= 15 is 0 Å². The Morgan fingerprint density at radius 2 is 2.15 bits per heavy atom. The van der Waals surface area contributed by atoms with E-state index in [-0.39, 0.29) is 5.82 Å². The SMILES string of the molecule is CCNC(Cc1ccc(F)c(Br)c1)CC1CCSCC1. The van der Waals surface area contributed by atoms with Gasteiger partial charge in [0.05, 0.1) is 4.47 Å². The van der Waals surface area contributed by atoms with Gasteiger partial charge < -0.3 is 5.32 Å². The van der Waals surface area contributed by atoms with Crippen LogP contribution in [0.4, 0.5) is 4.39 Å². The molecule has 0 bridgehead atoms. The molecule has 0 spiro atoms. The number of nitrogens with one attached hydrogen (secondary N) is 1. The van der Waals surface area contributed by atoms with Gasteiger partial charge in [0.15, 0.2) is 0 Å². The molecule has 0 aliphatic carbocycles. The normalized spacial score (nSPS) is 18.1. The molecule has 1 heterocycles. The maximum atomic E-state index is 13.3. The minimum Gasteiger partial charge on any atom is -0.314 e. The predicted octanol–water partition coefficient (Wildman–Crippen LogP) is 4.64. The van der Waals surface area contributed by atoms with Crippen molar-refractivity contribution >= 4 is 27.7 Å². The minimum absolute atomic E-state index is 0.182. The molecule has 1 aromatic carbocycles. The summed E-state index contributed by atoms with van der Waals surface area (Å²) in [5.41, 5.74) is 1.20. The van der Waals surface area contributed by atoms with Crippen LogP contribution in [0.5, 0.6) is 0 Å². The zero-order chi connectivity index (χ0) is 14.4. The van der Waals surface area contributed by atoms with Crippen molar-refractivity contribution in [3.63, 3.8) is 0 Å². The first kappa shape index (κ1) is 16.3. The van der Waals surface area contributed by atoms with E-state index in [1.54, 1.807) is 6.07 Å². The molecule has 112 valence electrons. The second-order valence-corrected chi connectivity index (χ2v) is 7.58. The van der Waals surface area contributed by atoms with E-state index in [1.807, 2.05) is 12.1 Å². The lowest BCUT2D eigenvalue weighted by atomic mass is 9.91. The molecule has 1 saturated heterocycles. The zero-order valence-electron chi connectivity index (χ0n) is 12.0. The number of hydrogen-bond acceptors (Lipinski definition) is 2. The van der Waals surface area contributed by atoms with Crippen LogP contribution in [0.2, 0.25) is 0 Å². The first-order valence-electron chi connectivity index (χ1n) is 7.44. The lowest BCUT2D eigenvalue weighted by Gasteiger charge is -2.27. The molecular formula is C16H23BrFNS. The number of rotatable bonds is 6. The minimum atomic E-state index is -0.182. The van der Waals surface area contributed by atoms with Gasteiger partial charge in [-0.1, -0.05) is 13.0 Å². The highest BCUT2D eigenvalue weighted by atomic mass is 79.9. The first-order chi connectivity index (χ1) is 9.69. The van der Waals surface area contributed by atoms with E-state index < -0.39 is 0 Å². The van der Waals surface area contributed by atoms with Crippen LogP contribution in [-0.4, -0.2) is 24.1 Å². The van der Waals surface area contributed by atoms with E-state index in [2.05, 4.69) is 39.9 Å². The smallest absolute Gasteiger partial charge is 0.137 e. The molecule has 0 saturated carbocycles. The predicted molar refractivity (Wildman–Crippen MR) is 89.9 cm³/mol. The average Bonchev–Trinajstić information content (AvgIpc) is 2.44. The van der Waals surface area contributed by atoms with Gasteiger partial charge in [0.25, 0.3) is 0 Å². The van der Waals surface area contributed by atoms with Crippen LogP contribution in [0.1, 0.15) is 31.7 Å². The Labute approximate surface area is 134 Å². The maximum absolute atomic E-state index is 13.3. The summed E-state index contributed by atoms with van der Waals surface area (Å²) in [7, 11) is 0. The molecule has 0 radical (unpaired) electrons. The third-order valence-electron chi connectivity index (χ3n) is 3.92. The topological polar surface area (TPSA) is 12.0 Å². The summed E-state index contributed by atoms with van der Waals surface area (Å²) >= 11 is 5.35. The lowest BCUT2D eigenvalue weighted by molar-refractivity contribution is 0.366. The van der Waals surface area contributed by atoms with Gasteiger partial charge in [0.2, 0.25) is 0 Å². The molecule has 1 aliphatic heterocycles. The third-order valence-corrected chi connectivity index (χ3v) is 5.57. The van der Waals surface area contributed by atoms with Crippen molar-refractivity contribution in [1.82, 2.24) is 5.32 Å². The Bertz CT molecular complexity index is 421. The van der Waals surface area contributed by atoms with E-state index in [0.717, 1.165) is 18.9 Å². The number of halogens is 2. The van der Waals surface area contributed by atoms with Crippen molar-refractivity contribution < 1.29 is 4.39 Å². The Morgan fingerprint density at radius 1 is 1.40 bits per heavy atom. The molecule has 1 atom stereocenters. The largest absolute Gasteiger partial charge is 0.314 e. The molecule has 4 heteroatoms. The van der Waals surface area contributed by atoms with E-state index in [0.29, 0.717) is 10.5 Å². The third kappa shape index (κ3) is 5.05. The van der Waals surface area contributed by atoms with E-state index in [4.69, 9.17) is 0 Å². The van der Waals surface area contributed by atoms with Crippen molar-refractivity contribution in [2.24, 2.45) is 5.92 Å². The highest BCUT2D eigenvalue weighted by molar-refractivity contribution is 9.10. The van der Waals surface area contributed by atoms with Crippen LogP contribution in [-0.2, 0) is 6.42 Å². The van der Waals surface area contributed by atoms with E-state index in [1.165, 1.54) is 36.3 Å². The number of likely N-dealkylation sites (N-methyl/N-ethyl adjacent to an activating group) is 1. The van der Waals surface area contributed by atoms with Gasteiger partial charge >= 0.3 is 0 Å². The Kier molecular flexibility index (Phi) is 6.85. The van der Waals surface area contributed by atoms with Crippen molar-refractivity contribution in [1.29, 1.82) is 0 Å². The van der Waals surface area contributed by atoms with Gasteiger partial charge in [-0.3, -0.25) is 0 Å². The Hall–Kier alpha value is -0.0600. The van der Waals surface area contributed by atoms with Crippen LogP contribution < -0.4 is 5.32 Å². The quantitative estimate of drug-likeness (QED) is 0.793. The molecule has 1 aliphatic rings. The van der Waals surface area contributed by atoms with Gasteiger partial charge in [0.1, 0.15) is 5.82 Å². The molecule has 0 aromatic heterocycles. The van der Waals surface area contributed by atoms with E-state index in [9.17, 15) is 4.39 Å². The summed E-state index contributed by atoms with van der Waals surface area (Å²) in [6.07, 6.45) is 4.92. The highest BCUT2D eigenvalue weighted by Gasteiger charge is 2.19. The molecular weight excluding hydrogens is 337 g/mol. The van der Waals surface area contributed by atoms with Gasteiger partial charge in [-0.05, 0) is 83.3 Å². The second kappa shape index (κ2) is 8.40. The van der Waals surface area contributed by atoms with Crippen LogP contribution in [0.3, 0.4) is 0 Å². The van der Waals surface area contributed by atoms with Gasteiger partial charge in [-0.25, -0.2) is 4.39 Å². The number of hydrogen-bond donors (Lipinski definition) is 1. The van der Waals surface area contributed by atoms with Gasteiger partial charge in [-0.2, -0.15) is 11.8 Å². The standard InChI is InChI=1S/C16H23BrFNS/c1-2-19-14(9-12-5-7-20-8-6-12)10-13-3-4-16(18)15(17)11-13/h3-4,11-12,14,19H,2,5-10H2,1H3. The summed E-state index contributed by atoms with van der Waals surface area (Å²) in [5.74, 6) is 3.29. The number of thioether (sulfide) groups is 1. The number of benzene rings is 1. The van der Waals surface area contributed by atoms with Crippen LogP contribution in [0.15, 0.2) is 22.7 Å². The molecule has 1 N–H and O–H groups in total. The van der Waals surface area contributed by atoms with Crippen molar-refractivity contribution in [2.75, 3.05) is 18.1 Å². The Morgan fingerprint density at radius 3 is 2.80 bits per heavy atom. The average molecular weight is 360 g/mol.